The third-order valence-electron chi connectivity index (χ3n) is 7.02. The summed E-state index contributed by atoms with van der Waals surface area (Å²) in [6, 6.07) is 17.2. The average molecular weight is 592 g/mol. The maximum Gasteiger partial charge on any atom is 0.176 e. The second-order valence-electron chi connectivity index (χ2n) is 8.45. The highest BCUT2D eigenvalue weighted by Crippen LogP contribution is 2.71. The molecule has 0 radical (unpaired) electrons. The van der Waals surface area contributed by atoms with Crippen LogP contribution in [0.5, 0.6) is 23.0 Å². The molecule has 1 aliphatic carbocycles. The molecule has 4 unspecified atom stereocenters. The van der Waals surface area contributed by atoms with Gasteiger partial charge >= 0.3 is 0 Å². The van der Waals surface area contributed by atoms with Gasteiger partial charge in [0, 0.05) is 5.92 Å². The molecule has 34 heavy (non-hydrogen) atoms. The van der Waals surface area contributed by atoms with Gasteiger partial charge in [-0.3, -0.25) is 0 Å². The van der Waals surface area contributed by atoms with E-state index in [1.165, 1.54) is 7.11 Å². The molecule has 0 bridgehead atoms. The lowest BCUT2D eigenvalue weighted by Crippen LogP contribution is -2.52. The fourth-order valence-electron chi connectivity index (χ4n) is 5.55. The van der Waals surface area contributed by atoms with Gasteiger partial charge in [0.2, 0.25) is 0 Å². The second-order valence-corrected chi connectivity index (χ2v) is 10.0. The molecule has 1 aliphatic heterocycles. The molecule has 3 aromatic rings. The highest BCUT2D eigenvalue weighted by Gasteiger charge is 2.74. The van der Waals surface area contributed by atoms with Crippen LogP contribution in [0, 0.1) is 0 Å². The van der Waals surface area contributed by atoms with E-state index in [0.29, 0.717) is 43.1 Å². The van der Waals surface area contributed by atoms with Gasteiger partial charge in [0.05, 0.1) is 33.0 Å². The molecular formula is C26H24Br2O6. The summed E-state index contributed by atoms with van der Waals surface area (Å²) >= 11 is 7.16. The quantitative estimate of drug-likeness (QED) is 0.421. The number of aliphatic hydroxyl groups excluding tert-OH is 1. The van der Waals surface area contributed by atoms with Crippen molar-refractivity contribution in [3.63, 3.8) is 0 Å². The first-order chi connectivity index (χ1) is 16.3. The Morgan fingerprint density at radius 2 is 1.53 bits per heavy atom. The van der Waals surface area contributed by atoms with Crippen molar-refractivity contribution >= 4 is 31.9 Å². The lowest BCUT2D eigenvalue weighted by molar-refractivity contribution is -0.150. The van der Waals surface area contributed by atoms with Crippen molar-refractivity contribution in [2.24, 2.45) is 0 Å². The predicted octanol–water partition coefficient (Wildman–Crippen LogP) is 5.26. The molecule has 0 spiro atoms. The Morgan fingerprint density at radius 3 is 2.12 bits per heavy atom. The number of benzene rings is 3. The zero-order valence-electron chi connectivity index (χ0n) is 18.8. The molecule has 8 heteroatoms. The van der Waals surface area contributed by atoms with Crippen LogP contribution in [0.25, 0.3) is 0 Å². The molecule has 1 saturated carbocycles. The number of fused-ring (bicyclic) bond motifs is 3. The zero-order valence-corrected chi connectivity index (χ0v) is 22.0. The Kier molecular flexibility index (Phi) is 5.83. The SMILES string of the molecule is COc1ccc(C23Oc4c(Br)c(OC)c(Br)c(OC)c4C2(O)C(O)CC3c2ccccc2)cc1. The van der Waals surface area contributed by atoms with Crippen LogP contribution < -0.4 is 18.9 Å². The highest BCUT2D eigenvalue weighted by molar-refractivity contribution is 9.11. The van der Waals surface area contributed by atoms with Crippen molar-refractivity contribution < 1.29 is 29.2 Å². The summed E-state index contributed by atoms with van der Waals surface area (Å²) in [6.07, 6.45) is -0.849. The molecule has 0 aromatic heterocycles. The second kappa shape index (κ2) is 8.45. The monoisotopic (exact) mass is 590 g/mol. The summed E-state index contributed by atoms with van der Waals surface area (Å²) in [6.45, 7) is 0. The van der Waals surface area contributed by atoms with Crippen LogP contribution in [-0.2, 0) is 11.2 Å². The van der Waals surface area contributed by atoms with E-state index in [2.05, 4.69) is 31.9 Å². The molecule has 0 saturated heterocycles. The topological polar surface area (TPSA) is 77.4 Å². The number of hydrogen-bond donors (Lipinski definition) is 2. The lowest BCUT2D eigenvalue weighted by atomic mass is 9.71. The molecular weight excluding hydrogens is 568 g/mol. The summed E-state index contributed by atoms with van der Waals surface area (Å²) in [5.41, 5.74) is -1.13. The minimum absolute atomic E-state index is 0.288. The summed E-state index contributed by atoms with van der Waals surface area (Å²) in [5, 5.41) is 24.1. The van der Waals surface area contributed by atoms with Gasteiger partial charge in [0.1, 0.15) is 26.2 Å². The highest BCUT2D eigenvalue weighted by atomic mass is 79.9. The maximum absolute atomic E-state index is 12.6. The van der Waals surface area contributed by atoms with Crippen molar-refractivity contribution in [1.82, 2.24) is 0 Å². The van der Waals surface area contributed by atoms with Gasteiger partial charge in [-0.05, 0) is 61.5 Å². The van der Waals surface area contributed by atoms with Crippen LogP contribution >= 0.6 is 31.9 Å². The van der Waals surface area contributed by atoms with E-state index >= 15 is 0 Å². The van der Waals surface area contributed by atoms with Gasteiger partial charge in [-0.25, -0.2) is 0 Å². The third kappa shape index (κ3) is 2.92. The molecule has 0 amide bonds. The molecule has 2 N–H and O–H groups in total. The van der Waals surface area contributed by atoms with Gasteiger partial charge in [0.25, 0.3) is 0 Å². The van der Waals surface area contributed by atoms with Crippen LogP contribution in [-0.4, -0.2) is 37.6 Å². The van der Waals surface area contributed by atoms with E-state index in [1.807, 2.05) is 54.6 Å². The molecule has 3 aromatic carbocycles. The minimum atomic E-state index is -1.82. The number of hydrogen-bond acceptors (Lipinski definition) is 6. The number of ether oxygens (including phenoxy) is 4. The number of aliphatic hydroxyl groups is 2. The Labute approximate surface area is 214 Å². The van der Waals surface area contributed by atoms with E-state index in [-0.39, 0.29) is 12.3 Å². The average Bonchev–Trinajstić information content (AvgIpc) is 3.27. The Morgan fingerprint density at radius 1 is 0.882 bits per heavy atom. The smallest absolute Gasteiger partial charge is 0.176 e. The van der Waals surface area contributed by atoms with E-state index < -0.39 is 17.3 Å². The molecule has 1 fully saturated rings. The van der Waals surface area contributed by atoms with Gasteiger partial charge < -0.3 is 29.2 Å². The molecule has 1 heterocycles. The van der Waals surface area contributed by atoms with Crippen LogP contribution in [0.3, 0.4) is 0 Å². The van der Waals surface area contributed by atoms with E-state index in [0.717, 1.165) is 5.56 Å². The Bertz CT molecular complexity index is 1230. The van der Waals surface area contributed by atoms with Gasteiger partial charge in [-0.2, -0.15) is 0 Å². The molecule has 6 nitrogen and oxygen atoms in total. The van der Waals surface area contributed by atoms with Crippen LogP contribution in [0.1, 0.15) is 29.0 Å². The first-order valence-electron chi connectivity index (χ1n) is 10.8. The van der Waals surface area contributed by atoms with Gasteiger partial charge in [0.15, 0.2) is 17.0 Å². The summed E-state index contributed by atoms with van der Waals surface area (Å²) < 4.78 is 24.5. The van der Waals surface area contributed by atoms with Crippen molar-refractivity contribution in [1.29, 1.82) is 0 Å². The van der Waals surface area contributed by atoms with Crippen LogP contribution in [0.15, 0.2) is 63.5 Å². The van der Waals surface area contributed by atoms with E-state index in [9.17, 15) is 10.2 Å². The Hall–Kier alpha value is -2.26. The maximum atomic E-state index is 12.6. The number of halogens is 2. The zero-order chi connectivity index (χ0) is 24.3. The van der Waals surface area contributed by atoms with Gasteiger partial charge in [-0.1, -0.05) is 42.5 Å². The standard InChI is InChI=1S/C26H24Br2O6/c1-31-16-11-9-15(10-12-16)26-17(14-7-5-4-6-8-14)13-18(29)25(26,30)19-22(32-2)20(27)24(33-3)21(28)23(19)34-26/h4-12,17-18,29-30H,13H2,1-3H3. The lowest BCUT2D eigenvalue weighted by Gasteiger charge is -2.40. The summed E-state index contributed by atoms with van der Waals surface area (Å²) in [4.78, 5) is 0. The van der Waals surface area contributed by atoms with E-state index in [4.69, 9.17) is 18.9 Å². The van der Waals surface area contributed by atoms with Crippen molar-refractivity contribution in [3.8, 4) is 23.0 Å². The fourth-order valence-corrected chi connectivity index (χ4v) is 7.17. The predicted molar refractivity (Wildman–Crippen MR) is 134 cm³/mol. The van der Waals surface area contributed by atoms with E-state index in [1.54, 1.807) is 14.2 Å². The minimum Gasteiger partial charge on any atom is -0.497 e. The first-order valence-corrected chi connectivity index (χ1v) is 12.4. The molecule has 178 valence electrons. The van der Waals surface area contributed by atoms with Crippen LogP contribution in [0.2, 0.25) is 0 Å². The molecule has 5 rings (SSSR count). The first kappa shape index (κ1) is 23.5. The normalized spacial score (nSPS) is 27.0. The van der Waals surface area contributed by atoms with Gasteiger partial charge in [-0.15, -0.1) is 0 Å². The number of methoxy groups -OCH3 is 3. The van der Waals surface area contributed by atoms with Crippen molar-refractivity contribution in [2.75, 3.05) is 21.3 Å². The fraction of sp³-hybridized carbons (Fsp3) is 0.308. The number of rotatable bonds is 5. The third-order valence-corrected chi connectivity index (χ3v) is 8.46. The summed E-state index contributed by atoms with van der Waals surface area (Å²) in [5.74, 6) is 1.50. The van der Waals surface area contributed by atoms with Crippen molar-refractivity contribution in [3.05, 3.63) is 80.2 Å². The summed E-state index contributed by atoms with van der Waals surface area (Å²) in [7, 11) is 4.66. The largest absolute Gasteiger partial charge is 0.497 e. The Balaban J connectivity index is 1.86. The molecule has 4 atom stereocenters. The van der Waals surface area contributed by atoms with Crippen LogP contribution in [0.4, 0.5) is 0 Å². The van der Waals surface area contributed by atoms with Crippen molar-refractivity contribution in [2.45, 2.75) is 29.6 Å². The molecule has 2 aliphatic rings.